The average molecular weight is 660 g/mol. The van der Waals surface area contributed by atoms with E-state index in [0.29, 0.717) is 49.6 Å². The molecule has 0 radical (unpaired) electrons. The minimum atomic E-state index is -0.963. The molecule has 2 aliphatic rings. The van der Waals surface area contributed by atoms with E-state index in [9.17, 15) is 14.4 Å². The summed E-state index contributed by atoms with van der Waals surface area (Å²) < 4.78 is 23.8. The number of carbonyl (C=O) groups excluding carboxylic acids is 2. The molecule has 0 saturated heterocycles. The first-order valence-corrected chi connectivity index (χ1v) is 15.6. The molecule has 12 heteroatoms. The van der Waals surface area contributed by atoms with Gasteiger partial charge in [-0.2, -0.15) is 0 Å². The molecule has 0 saturated carbocycles. The van der Waals surface area contributed by atoms with E-state index in [1.807, 2.05) is 36.4 Å². The summed E-state index contributed by atoms with van der Waals surface area (Å²) in [6, 6.07) is 17.1. The van der Waals surface area contributed by atoms with E-state index in [1.54, 1.807) is 43.0 Å². The lowest BCUT2D eigenvalue weighted by atomic mass is 9.95. The highest BCUT2D eigenvalue weighted by Gasteiger charge is 2.38. The van der Waals surface area contributed by atoms with Crippen molar-refractivity contribution in [3.05, 3.63) is 113 Å². The van der Waals surface area contributed by atoms with E-state index in [-0.39, 0.29) is 34.7 Å². The topological polar surface area (TPSA) is 109 Å². The van der Waals surface area contributed by atoms with Crippen molar-refractivity contribution >= 4 is 46.1 Å². The van der Waals surface area contributed by atoms with Crippen LogP contribution in [-0.2, 0) is 20.9 Å². The quantitative estimate of drug-likeness (QED) is 0.258. The fourth-order valence-corrected chi connectivity index (χ4v) is 7.11. The number of allylic oxidation sites excluding steroid dienone is 1. The van der Waals surface area contributed by atoms with Crippen LogP contribution in [0.2, 0.25) is 5.02 Å². The molecule has 0 fully saturated rings. The monoisotopic (exact) mass is 659 g/mol. The van der Waals surface area contributed by atoms with Crippen LogP contribution in [0.5, 0.6) is 17.2 Å². The summed E-state index contributed by atoms with van der Waals surface area (Å²) in [6.45, 7) is 3.82. The first-order valence-electron chi connectivity index (χ1n) is 14.4. The zero-order valence-electron chi connectivity index (χ0n) is 25.8. The molecule has 6 rings (SSSR count). The standard InChI is InChI=1S/C34H30ClN3O7S/c1-6-45-33(41)26-18(2)36-34-38(28(26)20-15-24(42-3)29(44-5)25(16-20)43-4)32(40)30(46-34)27-22-9-7-8-10-23(22)37(31(27)39)17-19-11-13-21(35)14-12-19/h7-16,28H,6,17H2,1-5H3/b30-27+/t28-/m0/s1. The summed E-state index contributed by atoms with van der Waals surface area (Å²) in [7, 11) is 4.46. The molecule has 0 aliphatic carbocycles. The highest BCUT2D eigenvalue weighted by atomic mass is 35.5. The van der Waals surface area contributed by atoms with Gasteiger partial charge in [0, 0.05) is 10.6 Å². The number of ether oxygens (including phenoxy) is 4. The molecule has 3 aromatic carbocycles. The molecule has 0 N–H and O–H groups in total. The van der Waals surface area contributed by atoms with Gasteiger partial charge in [0.1, 0.15) is 4.53 Å². The lowest BCUT2D eigenvalue weighted by Gasteiger charge is -2.26. The van der Waals surface area contributed by atoms with Crippen LogP contribution in [-0.4, -0.2) is 44.4 Å². The number of rotatable bonds is 8. The number of methoxy groups -OCH3 is 3. The molecular formula is C34H30ClN3O7S. The first kappa shape index (κ1) is 31.1. The Balaban J connectivity index is 1.60. The molecule has 46 heavy (non-hydrogen) atoms. The number of halogens is 1. The first-order chi connectivity index (χ1) is 22.2. The van der Waals surface area contributed by atoms with Gasteiger partial charge in [0.05, 0.1) is 63.1 Å². The second-order valence-corrected chi connectivity index (χ2v) is 11.9. The van der Waals surface area contributed by atoms with Gasteiger partial charge in [-0.3, -0.25) is 14.2 Å². The second kappa shape index (κ2) is 12.5. The van der Waals surface area contributed by atoms with E-state index in [2.05, 4.69) is 4.99 Å². The molecule has 1 aromatic heterocycles. The van der Waals surface area contributed by atoms with Crippen LogP contribution in [0.25, 0.3) is 5.57 Å². The van der Waals surface area contributed by atoms with Crippen LogP contribution in [0, 0.1) is 0 Å². The van der Waals surface area contributed by atoms with E-state index in [0.717, 1.165) is 16.9 Å². The van der Waals surface area contributed by atoms with Crippen molar-refractivity contribution < 1.29 is 28.5 Å². The van der Waals surface area contributed by atoms with E-state index in [4.69, 9.17) is 30.5 Å². The number of hydrogen-bond donors (Lipinski definition) is 0. The summed E-state index contributed by atoms with van der Waals surface area (Å²) in [4.78, 5) is 48.8. The van der Waals surface area contributed by atoms with Crippen LogP contribution in [0.3, 0.4) is 0 Å². The van der Waals surface area contributed by atoms with Crippen LogP contribution in [0.1, 0.15) is 36.6 Å². The van der Waals surface area contributed by atoms with Crippen LogP contribution in [0.15, 0.2) is 81.7 Å². The van der Waals surface area contributed by atoms with Gasteiger partial charge in [-0.15, -0.1) is 0 Å². The molecule has 1 atom stereocenters. The molecular weight excluding hydrogens is 630 g/mol. The lowest BCUT2D eigenvalue weighted by molar-refractivity contribution is -0.139. The van der Waals surface area contributed by atoms with Crippen molar-refractivity contribution in [3.8, 4) is 17.2 Å². The molecule has 10 nitrogen and oxygen atoms in total. The summed E-state index contributed by atoms with van der Waals surface area (Å²) in [5.74, 6) is 0.120. The molecule has 0 bridgehead atoms. The smallest absolute Gasteiger partial charge is 0.338 e. The lowest BCUT2D eigenvalue weighted by Crippen LogP contribution is -2.41. The van der Waals surface area contributed by atoms with E-state index in [1.165, 1.54) is 25.9 Å². The van der Waals surface area contributed by atoms with Crippen molar-refractivity contribution in [2.45, 2.75) is 26.4 Å². The molecule has 0 unspecified atom stereocenters. The maximum absolute atomic E-state index is 14.6. The fraction of sp³-hybridized carbons (Fsp3) is 0.235. The Morgan fingerprint density at radius 2 is 1.65 bits per heavy atom. The van der Waals surface area contributed by atoms with Gasteiger partial charge in [-0.1, -0.05) is 53.3 Å². The summed E-state index contributed by atoms with van der Waals surface area (Å²) in [5, 5.41) is 0.595. The summed E-state index contributed by atoms with van der Waals surface area (Å²) in [5.41, 5.74) is 3.09. The maximum atomic E-state index is 14.6. The zero-order valence-corrected chi connectivity index (χ0v) is 27.3. The number of thiazole rings is 1. The number of carbonyl (C=O) groups is 2. The SMILES string of the molecule is CCOC(=O)C1=C(C)N=c2s/c(=C3/C(=O)N(Cc4ccc(Cl)cc4)c4ccccc43)c(=O)n2[C@H]1c1cc(OC)c(OC)c(OC)c1. The molecule has 2 aliphatic heterocycles. The molecule has 0 spiro atoms. The number of benzene rings is 3. The number of fused-ring (bicyclic) bond motifs is 2. The largest absolute Gasteiger partial charge is 0.493 e. The third-order valence-corrected chi connectivity index (χ3v) is 9.20. The Hall–Kier alpha value is -4.87. The van der Waals surface area contributed by atoms with Gasteiger partial charge in [-0.05, 0) is 55.3 Å². The number of para-hydroxylation sites is 1. The zero-order chi connectivity index (χ0) is 32.7. The van der Waals surface area contributed by atoms with Gasteiger partial charge < -0.3 is 23.8 Å². The van der Waals surface area contributed by atoms with Crippen molar-refractivity contribution in [3.63, 3.8) is 0 Å². The Kier molecular flexibility index (Phi) is 8.45. The minimum Gasteiger partial charge on any atom is -0.493 e. The highest BCUT2D eigenvalue weighted by Crippen LogP contribution is 2.43. The number of anilines is 1. The summed E-state index contributed by atoms with van der Waals surface area (Å²) in [6.07, 6.45) is 0. The molecule has 3 heterocycles. The number of hydrogen-bond acceptors (Lipinski definition) is 9. The van der Waals surface area contributed by atoms with Gasteiger partial charge >= 0.3 is 5.97 Å². The van der Waals surface area contributed by atoms with Gasteiger partial charge in [0.2, 0.25) is 5.75 Å². The average Bonchev–Trinajstić information content (AvgIpc) is 3.52. The van der Waals surface area contributed by atoms with Gasteiger partial charge in [0.25, 0.3) is 11.5 Å². The fourth-order valence-electron chi connectivity index (χ4n) is 5.85. The van der Waals surface area contributed by atoms with Crippen molar-refractivity contribution in [1.82, 2.24) is 4.57 Å². The Morgan fingerprint density at radius 3 is 2.28 bits per heavy atom. The maximum Gasteiger partial charge on any atom is 0.338 e. The van der Waals surface area contributed by atoms with E-state index >= 15 is 0 Å². The number of esters is 1. The Labute approximate surface area is 273 Å². The minimum absolute atomic E-state index is 0.126. The van der Waals surface area contributed by atoms with Crippen molar-refractivity contribution in [1.29, 1.82) is 0 Å². The molecule has 1 amide bonds. The second-order valence-electron chi connectivity index (χ2n) is 10.5. The number of aromatic nitrogens is 1. The van der Waals surface area contributed by atoms with Crippen LogP contribution >= 0.6 is 22.9 Å². The summed E-state index contributed by atoms with van der Waals surface area (Å²) >= 11 is 7.19. The number of nitrogens with zero attached hydrogens (tertiary/aromatic N) is 3. The van der Waals surface area contributed by atoms with E-state index < -0.39 is 17.6 Å². The normalized spacial score (nSPS) is 16.5. The Morgan fingerprint density at radius 1 is 0.978 bits per heavy atom. The highest BCUT2D eigenvalue weighted by molar-refractivity contribution is 7.07. The number of amides is 1. The third-order valence-electron chi connectivity index (χ3n) is 7.90. The van der Waals surface area contributed by atoms with Crippen LogP contribution in [0.4, 0.5) is 5.69 Å². The molecule has 4 aromatic rings. The third kappa shape index (κ3) is 5.15. The van der Waals surface area contributed by atoms with Gasteiger partial charge in [0.15, 0.2) is 16.3 Å². The predicted molar refractivity (Wildman–Crippen MR) is 175 cm³/mol. The van der Waals surface area contributed by atoms with Gasteiger partial charge in [-0.25, -0.2) is 9.79 Å². The van der Waals surface area contributed by atoms with Crippen LogP contribution < -0.4 is 34.0 Å². The van der Waals surface area contributed by atoms with Crippen molar-refractivity contribution in [2.24, 2.45) is 4.99 Å². The predicted octanol–water partition coefficient (Wildman–Crippen LogP) is 4.39. The van der Waals surface area contributed by atoms with Crippen molar-refractivity contribution in [2.75, 3.05) is 32.8 Å². The molecule has 236 valence electrons. The Bertz CT molecular complexity index is 2070.